The summed E-state index contributed by atoms with van der Waals surface area (Å²) in [7, 11) is 0. The predicted molar refractivity (Wildman–Crippen MR) is 233 cm³/mol. The molecule has 12 nitrogen and oxygen atoms in total. The van der Waals surface area contributed by atoms with Crippen molar-refractivity contribution >= 4 is 35.8 Å². The van der Waals surface area contributed by atoms with Crippen LogP contribution < -0.4 is 0 Å². The summed E-state index contributed by atoms with van der Waals surface area (Å²) in [5, 5.41) is 0. The number of hydrogen-bond donors (Lipinski definition) is 0. The number of ether oxygens (including phenoxy) is 6. The van der Waals surface area contributed by atoms with Crippen molar-refractivity contribution in [3.05, 3.63) is 0 Å². The highest BCUT2D eigenvalue weighted by atomic mass is 19.4. The van der Waals surface area contributed by atoms with Crippen molar-refractivity contribution in [2.24, 2.45) is 74.9 Å². The van der Waals surface area contributed by atoms with E-state index < -0.39 is 78.8 Å². The highest BCUT2D eigenvalue weighted by Crippen LogP contribution is 2.62. The number of halogens is 6. The zero-order chi connectivity index (χ0) is 50.4. The summed E-state index contributed by atoms with van der Waals surface area (Å²) in [4.78, 5) is 69.0. The third-order valence-corrected chi connectivity index (χ3v) is 17.1. The SMILES string of the molecule is CC(C)(C(=O)OCC(=O)OCC12CC3CC(CC(C3)C1)C2)C(F)(F)F.CC(C)(F)C(=O)OCC(=O)OCC12CC3CC(CC(C3)C1)C2.CC(F)(F)C(=O)OCC(=O)OCC12CC3CC(CC(C3)C1)C2. The van der Waals surface area contributed by atoms with Crippen molar-refractivity contribution in [2.75, 3.05) is 39.6 Å². The molecule has 12 bridgehead atoms. The number of alkyl halides is 6. The van der Waals surface area contributed by atoms with Gasteiger partial charge in [0.25, 0.3) is 0 Å². The first-order chi connectivity index (χ1) is 32.0. The summed E-state index contributed by atoms with van der Waals surface area (Å²) in [6.45, 7) is 3.14. The summed E-state index contributed by atoms with van der Waals surface area (Å²) in [5.74, 6) is -3.06. The number of hydrogen-bond acceptors (Lipinski definition) is 12. The van der Waals surface area contributed by atoms with Crippen LogP contribution in [-0.2, 0) is 57.2 Å². The lowest BCUT2D eigenvalue weighted by molar-refractivity contribution is -0.225. The van der Waals surface area contributed by atoms with E-state index in [4.69, 9.17) is 14.2 Å². The molecule has 0 aromatic heterocycles. The first-order valence-corrected chi connectivity index (χ1v) is 25.1. The molecule has 0 aliphatic heterocycles. The van der Waals surface area contributed by atoms with Gasteiger partial charge in [0, 0.05) is 23.2 Å². The molecule has 0 amide bonds. The molecule has 0 radical (unpaired) electrons. The van der Waals surface area contributed by atoms with Gasteiger partial charge in [0.05, 0.1) is 19.8 Å². The molecule has 0 heterocycles. The number of rotatable bonds is 15. The maximum Gasteiger partial charge on any atom is 0.404 e. The Bertz CT molecular complexity index is 1720. The van der Waals surface area contributed by atoms with Crippen molar-refractivity contribution < 1.29 is 83.5 Å². The molecule has 0 unspecified atom stereocenters. The van der Waals surface area contributed by atoms with Gasteiger partial charge in [-0.05, 0) is 197 Å². The van der Waals surface area contributed by atoms with Gasteiger partial charge in [-0.3, -0.25) is 4.79 Å². The van der Waals surface area contributed by atoms with E-state index in [2.05, 4.69) is 14.2 Å². The minimum atomic E-state index is -4.73. The van der Waals surface area contributed by atoms with Crippen LogP contribution in [-0.4, -0.2) is 93.2 Å². The molecule has 69 heavy (non-hydrogen) atoms. The van der Waals surface area contributed by atoms with Crippen LogP contribution in [0.4, 0.5) is 26.3 Å². The molecular formula is C51H72F6O12. The molecule has 390 valence electrons. The molecule has 0 saturated heterocycles. The van der Waals surface area contributed by atoms with Crippen LogP contribution in [0.2, 0.25) is 0 Å². The van der Waals surface area contributed by atoms with Gasteiger partial charge in [-0.2, -0.15) is 22.0 Å². The quantitative estimate of drug-likeness (QED) is 0.0871. The third-order valence-electron chi connectivity index (χ3n) is 17.1. The zero-order valence-corrected chi connectivity index (χ0v) is 40.8. The highest BCUT2D eigenvalue weighted by molar-refractivity contribution is 5.82. The van der Waals surface area contributed by atoms with Gasteiger partial charge in [-0.1, -0.05) is 0 Å². The van der Waals surface area contributed by atoms with Crippen LogP contribution in [0.3, 0.4) is 0 Å². The van der Waals surface area contributed by atoms with Crippen molar-refractivity contribution in [3.8, 4) is 0 Å². The number of esters is 6. The molecule has 0 atom stereocenters. The lowest BCUT2D eigenvalue weighted by Crippen LogP contribution is -2.48. The topological polar surface area (TPSA) is 158 Å². The Morgan fingerprint density at radius 1 is 0.377 bits per heavy atom. The summed E-state index contributed by atoms with van der Waals surface area (Å²) in [6, 6.07) is 0. The second-order valence-corrected chi connectivity index (χ2v) is 24.4. The van der Waals surface area contributed by atoms with Gasteiger partial charge < -0.3 is 28.4 Å². The maximum atomic E-state index is 13.3. The van der Waals surface area contributed by atoms with Crippen LogP contribution in [0, 0.1) is 74.9 Å². The largest absolute Gasteiger partial charge is 0.463 e. The average molecular weight is 991 g/mol. The fourth-order valence-corrected chi connectivity index (χ4v) is 15.2. The first kappa shape index (κ1) is 53.2. The highest BCUT2D eigenvalue weighted by Gasteiger charge is 2.56. The minimum Gasteiger partial charge on any atom is -0.463 e. The van der Waals surface area contributed by atoms with Crippen LogP contribution in [0.15, 0.2) is 0 Å². The third kappa shape index (κ3) is 13.3. The monoisotopic (exact) mass is 990 g/mol. The van der Waals surface area contributed by atoms with E-state index in [1.165, 1.54) is 57.8 Å². The molecule has 18 heteroatoms. The second-order valence-electron chi connectivity index (χ2n) is 24.4. The Morgan fingerprint density at radius 2 is 0.609 bits per heavy atom. The van der Waals surface area contributed by atoms with Crippen molar-refractivity contribution in [1.29, 1.82) is 0 Å². The Balaban J connectivity index is 0.000000153. The fraction of sp³-hybridized carbons (Fsp3) is 0.882. The van der Waals surface area contributed by atoms with Crippen LogP contribution in [0.1, 0.15) is 150 Å². The normalized spacial score (nSPS) is 35.4. The van der Waals surface area contributed by atoms with Gasteiger partial charge in [0.2, 0.25) is 5.67 Å². The molecule has 12 saturated carbocycles. The van der Waals surface area contributed by atoms with E-state index in [-0.39, 0.29) is 22.9 Å². The average Bonchev–Trinajstić information content (AvgIpc) is 3.22. The zero-order valence-electron chi connectivity index (χ0n) is 40.8. The van der Waals surface area contributed by atoms with E-state index in [1.807, 2.05) is 0 Å². The summed E-state index contributed by atoms with van der Waals surface area (Å²) >= 11 is 0. The molecule has 12 rings (SSSR count). The van der Waals surface area contributed by atoms with Gasteiger partial charge >= 0.3 is 47.9 Å². The van der Waals surface area contributed by atoms with Gasteiger partial charge in [0.15, 0.2) is 25.2 Å². The minimum absolute atomic E-state index is 0.0274. The Hall–Kier alpha value is -3.60. The van der Waals surface area contributed by atoms with Gasteiger partial charge in [-0.15, -0.1) is 0 Å². The smallest absolute Gasteiger partial charge is 0.404 e. The molecule has 0 aromatic rings. The second kappa shape index (κ2) is 20.1. The summed E-state index contributed by atoms with van der Waals surface area (Å²) in [6.07, 6.45) is 17.0. The van der Waals surface area contributed by atoms with Crippen LogP contribution in [0.5, 0.6) is 0 Å². The predicted octanol–water partition coefficient (Wildman–Crippen LogP) is 9.86. The van der Waals surface area contributed by atoms with E-state index in [0.29, 0.717) is 20.1 Å². The van der Waals surface area contributed by atoms with Crippen LogP contribution >= 0.6 is 0 Å². The lowest BCUT2D eigenvalue weighted by Gasteiger charge is -2.56. The van der Waals surface area contributed by atoms with E-state index in [0.717, 1.165) is 139 Å². The fourth-order valence-electron chi connectivity index (χ4n) is 15.2. The molecular weight excluding hydrogens is 919 g/mol. The van der Waals surface area contributed by atoms with Gasteiger partial charge in [-0.25, -0.2) is 28.4 Å². The molecule has 0 aromatic carbocycles. The van der Waals surface area contributed by atoms with Crippen molar-refractivity contribution in [3.63, 3.8) is 0 Å². The molecule has 12 aliphatic carbocycles. The molecule has 12 aliphatic rings. The standard InChI is InChI=1S/C18H25F3O4.C17H25FO4.C16H22F2O4/c1-16(2,18(19,20)21)15(23)24-9-14(22)25-10-17-6-11-3-12(7-17)5-13(4-11)8-17;1-16(2,18)15(20)21-9-14(19)22-10-17-6-11-3-12(7-17)5-13(4-11)8-17;1-15(17,18)14(20)21-8-13(19)22-9-16-5-10-2-11(6-16)4-12(3-10)7-16/h11-13H,3-10H2,1-2H3;11-13H,3-10H2,1-2H3;10-12H,2-9H2,1H3. The van der Waals surface area contributed by atoms with Crippen molar-refractivity contribution in [1.82, 2.24) is 0 Å². The summed E-state index contributed by atoms with van der Waals surface area (Å²) in [5.41, 5.74) is -4.48. The van der Waals surface area contributed by atoms with E-state index in [9.17, 15) is 55.1 Å². The molecule has 12 fully saturated rings. The first-order valence-electron chi connectivity index (χ1n) is 25.1. The Kier molecular flexibility index (Phi) is 15.5. The molecule has 0 N–H and O–H groups in total. The molecule has 0 spiro atoms. The lowest BCUT2D eigenvalue weighted by atomic mass is 9.50. The number of carbonyl (C=O) groups is 6. The van der Waals surface area contributed by atoms with E-state index >= 15 is 0 Å². The summed E-state index contributed by atoms with van der Waals surface area (Å²) < 4.78 is 106. The van der Waals surface area contributed by atoms with E-state index in [1.54, 1.807) is 0 Å². The maximum absolute atomic E-state index is 13.3. The van der Waals surface area contributed by atoms with Crippen molar-refractivity contribution in [2.45, 2.75) is 168 Å². The number of carbonyl (C=O) groups excluding carboxylic acids is 6. The Morgan fingerprint density at radius 3 is 0.826 bits per heavy atom. The Labute approximate surface area is 401 Å². The van der Waals surface area contributed by atoms with Crippen LogP contribution in [0.25, 0.3) is 0 Å². The van der Waals surface area contributed by atoms with Gasteiger partial charge in [0.1, 0.15) is 0 Å².